The molecule has 0 saturated carbocycles. The smallest absolute Gasteiger partial charge is 0.339 e. The Morgan fingerprint density at radius 3 is 2.42 bits per heavy atom. The van der Waals surface area contributed by atoms with Gasteiger partial charge in [0.15, 0.2) is 11.5 Å². The molecule has 0 aliphatic rings. The standard InChI is InChI=1S/C10H13NO6S.H2O/c1-18(15,16)17-10(14)7(11)4-6-2-3-8(12)9(13)5-6;/h2-3,5,7,12-13H,4,11H2,1H3;1H2/t7-;/m0./s1. The van der Waals surface area contributed by atoms with Gasteiger partial charge in [0, 0.05) is 0 Å². The molecule has 0 aliphatic carbocycles. The van der Waals surface area contributed by atoms with Crippen LogP contribution in [0.1, 0.15) is 5.56 Å². The van der Waals surface area contributed by atoms with Gasteiger partial charge < -0.3 is 25.6 Å². The van der Waals surface area contributed by atoms with E-state index in [1.807, 2.05) is 0 Å². The van der Waals surface area contributed by atoms with Gasteiger partial charge in [0.1, 0.15) is 6.04 Å². The van der Waals surface area contributed by atoms with Crippen LogP contribution in [-0.2, 0) is 25.5 Å². The first kappa shape index (κ1) is 17.2. The van der Waals surface area contributed by atoms with Crippen LogP contribution in [0, 0.1) is 0 Å². The number of hydrogen-bond donors (Lipinski definition) is 3. The number of aromatic hydroxyl groups is 2. The number of hydrogen-bond acceptors (Lipinski definition) is 7. The van der Waals surface area contributed by atoms with Crippen LogP contribution in [0.3, 0.4) is 0 Å². The monoisotopic (exact) mass is 293 g/mol. The van der Waals surface area contributed by atoms with Crippen LogP contribution in [0.4, 0.5) is 0 Å². The molecule has 108 valence electrons. The minimum Gasteiger partial charge on any atom is -0.504 e. The van der Waals surface area contributed by atoms with Crippen molar-refractivity contribution in [3.63, 3.8) is 0 Å². The first-order chi connectivity index (χ1) is 8.19. The summed E-state index contributed by atoms with van der Waals surface area (Å²) in [5.41, 5.74) is 5.92. The van der Waals surface area contributed by atoms with Gasteiger partial charge in [-0.05, 0) is 24.1 Å². The van der Waals surface area contributed by atoms with Gasteiger partial charge in [0.25, 0.3) is 0 Å². The van der Waals surface area contributed by atoms with E-state index in [-0.39, 0.29) is 23.4 Å². The van der Waals surface area contributed by atoms with Crippen molar-refractivity contribution in [2.24, 2.45) is 5.73 Å². The zero-order valence-electron chi connectivity index (χ0n) is 10.0. The molecular weight excluding hydrogens is 278 g/mol. The summed E-state index contributed by atoms with van der Waals surface area (Å²) >= 11 is 0. The first-order valence-corrected chi connectivity index (χ1v) is 6.70. The van der Waals surface area contributed by atoms with Crippen LogP contribution >= 0.6 is 0 Å². The molecule has 1 atom stereocenters. The lowest BCUT2D eigenvalue weighted by Crippen LogP contribution is -2.35. The van der Waals surface area contributed by atoms with Crippen molar-refractivity contribution >= 4 is 16.1 Å². The quantitative estimate of drug-likeness (QED) is 0.457. The third-order valence-corrected chi connectivity index (χ3v) is 2.50. The van der Waals surface area contributed by atoms with Crippen molar-refractivity contribution in [2.45, 2.75) is 12.5 Å². The molecular formula is C10H15NO7S. The lowest BCUT2D eigenvalue weighted by molar-refractivity contribution is -0.135. The fraction of sp³-hybridized carbons (Fsp3) is 0.300. The predicted molar refractivity (Wildman–Crippen MR) is 66.0 cm³/mol. The second kappa shape index (κ2) is 6.36. The number of carbonyl (C=O) groups excluding carboxylic acids is 1. The Hall–Kier alpha value is -1.84. The SMILES string of the molecule is CS(=O)(=O)OC(=O)[C@@H](N)Cc1ccc(O)c(O)c1.O. The lowest BCUT2D eigenvalue weighted by atomic mass is 10.1. The van der Waals surface area contributed by atoms with Gasteiger partial charge in [-0.3, -0.25) is 0 Å². The molecule has 19 heavy (non-hydrogen) atoms. The Morgan fingerprint density at radius 1 is 1.37 bits per heavy atom. The highest BCUT2D eigenvalue weighted by Crippen LogP contribution is 2.25. The largest absolute Gasteiger partial charge is 0.504 e. The van der Waals surface area contributed by atoms with Crippen LogP contribution in [0.25, 0.3) is 0 Å². The van der Waals surface area contributed by atoms with E-state index >= 15 is 0 Å². The highest BCUT2D eigenvalue weighted by Gasteiger charge is 2.20. The van der Waals surface area contributed by atoms with E-state index in [2.05, 4.69) is 4.18 Å². The van der Waals surface area contributed by atoms with E-state index in [4.69, 9.17) is 10.8 Å². The van der Waals surface area contributed by atoms with E-state index in [1.54, 1.807) is 0 Å². The van der Waals surface area contributed by atoms with Crippen LogP contribution in [0.5, 0.6) is 11.5 Å². The number of benzene rings is 1. The molecule has 0 radical (unpaired) electrons. The minimum absolute atomic E-state index is 0. The number of carbonyl (C=O) groups is 1. The Balaban J connectivity index is 0.00000324. The third kappa shape index (κ3) is 5.55. The average Bonchev–Trinajstić information content (AvgIpc) is 2.21. The summed E-state index contributed by atoms with van der Waals surface area (Å²) in [4.78, 5) is 11.3. The molecule has 0 bridgehead atoms. The maximum Gasteiger partial charge on any atom is 0.339 e. The molecule has 0 aliphatic heterocycles. The van der Waals surface area contributed by atoms with E-state index in [0.29, 0.717) is 5.56 Å². The Labute approximate surface area is 109 Å². The van der Waals surface area contributed by atoms with Crippen LogP contribution in [0.15, 0.2) is 18.2 Å². The van der Waals surface area contributed by atoms with Crippen LogP contribution < -0.4 is 5.73 Å². The Bertz CT molecular complexity index is 555. The van der Waals surface area contributed by atoms with E-state index < -0.39 is 22.1 Å². The van der Waals surface area contributed by atoms with E-state index in [0.717, 1.165) is 6.26 Å². The summed E-state index contributed by atoms with van der Waals surface area (Å²) in [6.45, 7) is 0. The van der Waals surface area contributed by atoms with Gasteiger partial charge in [-0.1, -0.05) is 6.07 Å². The molecule has 0 amide bonds. The number of rotatable bonds is 4. The van der Waals surface area contributed by atoms with Crippen molar-refractivity contribution < 1.29 is 33.1 Å². The van der Waals surface area contributed by atoms with Gasteiger partial charge in [0.05, 0.1) is 6.26 Å². The van der Waals surface area contributed by atoms with Gasteiger partial charge in [-0.25, -0.2) is 4.79 Å². The zero-order valence-corrected chi connectivity index (χ0v) is 10.8. The Morgan fingerprint density at radius 2 is 1.95 bits per heavy atom. The number of phenolic OH excluding ortho intramolecular Hbond substituents is 2. The lowest BCUT2D eigenvalue weighted by Gasteiger charge is -2.10. The van der Waals surface area contributed by atoms with Gasteiger partial charge in [-0.2, -0.15) is 8.42 Å². The highest BCUT2D eigenvalue weighted by atomic mass is 32.2. The molecule has 0 saturated heterocycles. The molecule has 0 aromatic heterocycles. The van der Waals surface area contributed by atoms with Crippen molar-refractivity contribution in [1.29, 1.82) is 0 Å². The summed E-state index contributed by atoms with van der Waals surface area (Å²) in [6, 6.07) is 2.73. The normalized spacial score (nSPS) is 12.3. The molecule has 9 heteroatoms. The van der Waals surface area contributed by atoms with Crippen molar-refractivity contribution in [3.05, 3.63) is 23.8 Å². The van der Waals surface area contributed by atoms with Gasteiger partial charge in [-0.15, -0.1) is 0 Å². The topological polar surface area (TPSA) is 158 Å². The second-order valence-electron chi connectivity index (χ2n) is 3.74. The summed E-state index contributed by atoms with van der Waals surface area (Å²) in [6.07, 6.45) is 0.714. The summed E-state index contributed by atoms with van der Waals surface area (Å²) in [7, 11) is -3.89. The molecule has 0 unspecified atom stereocenters. The fourth-order valence-corrected chi connectivity index (χ4v) is 1.67. The number of nitrogens with two attached hydrogens (primary N) is 1. The number of phenols is 2. The van der Waals surface area contributed by atoms with E-state index in [1.165, 1.54) is 18.2 Å². The van der Waals surface area contributed by atoms with Crippen LogP contribution in [0.2, 0.25) is 0 Å². The van der Waals surface area contributed by atoms with Gasteiger partial charge >= 0.3 is 16.1 Å². The second-order valence-corrected chi connectivity index (χ2v) is 5.32. The molecule has 0 fully saturated rings. The maximum atomic E-state index is 11.3. The maximum absolute atomic E-state index is 11.3. The van der Waals surface area contributed by atoms with Crippen molar-refractivity contribution in [3.8, 4) is 11.5 Å². The van der Waals surface area contributed by atoms with E-state index in [9.17, 15) is 18.3 Å². The Kier molecular flexibility index (Phi) is 5.75. The molecule has 1 aromatic carbocycles. The molecule has 0 spiro atoms. The summed E-state index contributed by atoms with van der Waals surface area (Å²) < 4.78 is 25.6. The highest BCUT2D eigenvalue weighted by molar-refractivity contribution is 7.86. The molecule has 1 aromatic rings. The van der Waals surface area contributed by atoms with Crippen molar-refractivity contribution in [1.82, 2.24) is 0 Å². The molecule has 6 N–H and O–H groups in total. The summed E-state index contributed by atoms with van der Waals surface area (Å²) in [5, 5.41) is 18.3. The summed E-state index contributed by atoms with van der Waals surface area (Å²) in [5.74, 6) is -1.73. The van der Waals surface area contributed by atoms with Gasteiger partial charge in [0.2, 0.25) is 0 Å². The average molecular weight is 293 g/mol. The fourth-order valence-electron chi connectivity index (χ4n) is 1.24. The van der Waals surface area contributed by atoms with Crippen LogP contribution in [-0.4, -0.2) is 42.4 Å². The first-order valence-electron chi connectivity index (χ1n) is 4.89. The zero-order chi connectivity index (χ0) is 13.9. The predicted octanol–water partition coefficient (Wildman–Crippen LogP) is -1.35. The molecule has 1 rings (SSSR count). The molecule has 8 nitrogen and oxygen atoms in total. The van der Waals surface area contributed by atoms with Crippen molar-refractivity contribution in [2.75, 3.05) is 6.26 Å². The molecule has 0 heterocycles. The third-order valence-electron chi connectivity index (χ3n) is 2.03. The minimum atomic E-state index is -3.89.